The highest BCUT2D eigenvalue weighted by molar-refractivity contribution is 7.15. The number of halogens is 5. The number of anilines is 1. The molecular weight excluding hydrogens is 448 g/mol. The zero-order valence-electron chi connectivity index (χ0n) is 15.3. The van der Waals surface area contributed by atoms with E-state index in [1.54, 1.807) is 0 Å². The van der Waals surface area contributed by atoms with Crippen molar-refractivity contribution >= 4 is 34.5 Å². The summed E-state index contributed by atoms with van der Waals surface area (Å²) in [7, 11) is 1.25. The Kier molecular flexibility index (Phi) is 6.64. The second-order valence-electron chi connectivity index (χ2n) is 5.95. The molecule has 3 aromatic heterocycles. The molecule has 0 bridgehead atoms. The highest BCUT2D eigenvalue weighted by atomic mass is 35.5. The van der Waals surface area contributed by atoms with Gasteiger partial charge in [0, 0.05) is 29.9 Å². The van der Waals surface area contributed by atoms with Crippen LogP contribution in [0.15, 0.2) is 36.8 Å². The topological polar surface area (TPSA) is 68.2 Å². The molecule has 0 saturated carbocycles. The Morgan fingerprint density at radius 1 is 1.27 bits per heavy atom. The lowest BCUT2D eigenvalue weighted by molar-refractivity contribution is -0.140. The summed E-state index contributed by atoms with van der Waals surface area (Å²) in [5, 5.41) is 0. The van der Waals surface area contributed by atoms with Gasteiger partial charge in [-0.2, -0.15) is 13.2 Å². The first-order valence-corrected chi connectivity index (χ1v) is 9.47. The highest BCUT2D eigenvalue weighted by Gasteiger charge is 2.38. The lowest BCUT2D eigenvalue weighted by Gasteiger charge is -2.25. The minimum atomic E-state index is -4.89. The van der Waals surface area contributed by atoms with Gasteiger partial charge in [0.25, 0.3) is 5.91 Å². The molecule has 0 N–H and O–H groups in total. The molecule has 0 aliphatic heterocycles. The van der Waals surface area contributed by atoms with Crippen LogP contribution >= 0.6 is 22.9 Å². The smallest absolute Gasteiger partial charge is 0.375 e. The van der Waals surface area contributed by atoms with Gasteiger partial charge in [-0.05, 0) is 18.2 Å². The number of methoxy groups -OCH3 is 1. The van der Waals surface area contributed by atoms with Crippen LogP contribution in [0.25, 0.3) is 11.3 Å². The van der Waals surface area contributed by atoms with Crippen molar-refractivity contribution in [1.82, 2.24) is 15.0 Å². The lowest BCUT2D eigenvalue weighted by atomic mass is 10.1. The van der Waals surface area contributed by atoms with Crippen molar-refractivity contribution in [3.63, 3.8) is 0 Å². The van der Waals surface area contributed by atoms with E-state index in [9.17, 15) is 22.4 Å². The number of carbonyl (C=O) groups is 1. The van der Waals surface area contributed by atoms with Crippen LogP contribution in [0.5, 0.6) is 0 Å². The molecule has 0 aliphatic carbocycles. The van der Waals surface area contributed by atoms with E-state index in [0.29, 0.717) is 4.88 Å². The Morgan fingerprint density at radius 2 is 2.03 bits per heavy atom. The molecule has 0 aromatic carbocycles. The van der Waals surface area contributed by atoms with E-state index < -0.39 is 35.9 Å². The predicted molar refractivity (Wildman–Crippen MR) is 103 cm³/mol. The first-order chi connectivity index (χ1) is 14.2. The molecule has 1 amide bonds. The first-order valence-electron chi connectivity index (χ1n) is 8.27. The van der Waals surface area contributed by atoms with Gasteiger partial charge in [0.05, 0.1) is 24.1 Å². The fourth-order valence-electron chi connectivity index (χ4n) is 2.61. The van der Waals surface area contributed by atoms with Crippen LogP contribution in [0.2, 0.25) is 4.47 Å². The minimum Gasteiger partial charge on any atom is -0.375 e. The van der Waals surface area contributed by atoms with Gasteiger partial charge in [-0.3, -0.25) is 9.78 Å². The fourth-order valence-corrected chi connectivity index (χ4v) is 3.58. The average molecular weight is 461 g/mol. The van der Waals surface area contributed by atoms with Crippen molar-refractivity contribution in [2.45, 2.75) is 12.7 Å². The Bertz CT molecular complexity index is 1060. The zero-order chi connectivity index (χ0) is 21.9. The fraction of sp³-hybridized carbons (Fsp3) is 0.222. The normalized spacial score (nSPS) is 11.5. The third kappa shape index (κ3) is 5.10. The molecule has 0 unspecified atom stereocenters. The molecule has 3 rings (SSSR count). The maximum atomic E-state index is 13.8. The van der Waals surface area contributed by atoms with Gasteiger partial charge in [-0.15, -0.1) is 11.3 Å². The van der Waals surface area contributed by atoms with Crippen LogP contribution in [-0.4, -0.2) is 34.6 Å². The summed E-state index contributed by atoms with van der Waals surface area (Å²) in [6.45, 7) is -0.655. The van der Waals surface area contributed by atoms with Gasteiger partial charge in [0.2, 0.25) is 0 Å². The number of amides is 1. The van der Waals surface area contributed by atoms with Gasteiger partial charge >= 0.3 is 6.18 Å². The van der Waals surface area contributed by atoms with E-state index in [1.807, 2.05) is 0 Å². The summed E-state index contributed by atoms with van der Waals surface area (Å²) in [6.07, 6.45) is -1.40. The number of ether oxygens (including phenoxy) is 1. The van der Waals surface area contributed by atoms with Gasteiger partial charge in [-0.1, -0.05) is 11.6 Å². The predicted octanol–water partition coefficient (Wildman–Crippen LogP) is 4.59. The van der Waals surface area contributed by atoms with Crippen molar-refractivity contribution in [2.24, 2.45) is 0 Å². The van der Waals surface area contributed by atoms with Gasteiger partial charge in [0.15, 0.2) is 10.2 Å². The van der Waals surface area contributed by atoms with E-state index in [4.69, 9.17) is 16.3 Å². The van der Waals surface area contributed by atoms with E-state index in [1.165, 1.54) is 25.6 Å². The molecule has 158 valence electrons. The van der Waals surface area contributed by atoms with Crippen LogP contribution in [0.4, 0.5) is 23.2 Å². The molecule has 0 atom stereocenters. The molecule has 12 heteroatoms. The van der Waals surface area contributed by atoms with Crippen LogP contribution in [0.1, 0.15) is 10.6 Å². The molecule has 3 aromatic rings. The Morgan fingerprint density at radius 3 is 2.63 bits per heavy atom. The highest BCUT2D eigenvalue weighted by Crippen LogP contribution is 2.38. The third-order valence-corrected chi connectivity index (χ3v) is 4.94. The van der Waals surface area contributed by atoms with Crippen LogP contribution in [0.3, 0.4) is 0 Å². The van der Waals surface area contributed by atoms with E-state index >= 15 is 0 Å². The SMILES string of the molecule is COCC(=O)N(Cc1cnc(Cl)s1)c1ccc(-c2cncc(F)c2)nc1C(F)(F)F. The van der Waals surface area contributed by atoms with E-state index in [-0.39, 0.29) is 22.3 Å². The summed E-state index contributed by atoms with van der Waals surface area (Å²) < 4.78 is 59.9. The average Bonchev–Trinajstić information content (AvgIpc) is 3.10. The second kappa shape index (κ2) is 9.02. The van der Waals surface area contributed by atoms with Crippen molar-refractivity contribution in [3.8, 4) is 11.3 Å². The summed E-state index contributed by atoms with van der Waals surface area (Å²) >= 11 is 6.82. The summed E-state index contributed by atoms with van der Waals surface area (Å²) in [5.41, 5.74) is -1.85. The van der Waals surface area contributed by atoms with Crippen LogP contribution in [-0.2, 0) is 22.3 Å². The van der Waals surface area contributed by atoms with Gasteiger partial charge < -0.3 is 9.64 Å². The molecule has 6 nitrogen and oxygen atoms in total. The Hall–Kier alpha value is -2.63. The number of hydrogen-bond donors (Lipinski definition) is 0. The van der Waals surface area contributed by atoms with Gasteiger partial charge in [-0.25, -0.2) is 14.4 Å². The number of nitrogens with zero attached hydrogens (tertiary/aromatic N) is 4. The van der Waals surface area contributed by atoms with Crippen molar-refractivity contribution < 1.29 is 27.1 Å². The maximum Gasteiger partial charge on any atom is 0.435 e. The first kappa shape index (κ1) is 22.1. The number of aromatic nitrogens is 3. The maximum absolute atomic E-state index is 13.8. The van der Waals surface area contributed by atoms with Crippen molar-refractivity contribution in [2.75, 3.05) is 18.6 Å². The number of thiazole rings is 1. The molecule has 0 aliphatic rings. The van der Waals surface area contributed by atoms with Crippen molar-refractivity contribution in [3.05, 3.63) is 57.6 Å². The molecule has 0 radical (unpaired) electrons. The monoisotopic (exact) mass is 460 g/mol. The zero-order valence-corrected chi connectivity index (χ0v) is 16.9. The largest absolute Gasteiger partial charge is 0.435 e. The van der Waals surface area contributed by atoms with Crippen molar-refractivity contribution in [1.29, 1.82) is 0 Å². The lowest BCUT2D eigenvalue weighted by Crippen LogP contribution is -2.35. The van der Waals surface area contributed by atoms with Gasteiger partial charge in [0.1, 0.15) is 12.4 Å². The third-order valence-electron chi connectivity index (χ3n) is 3.84. The van der Waals surface area contributed by atoms with Crippen LogP contribution < -0.4 is 4.90 Å². The molecule has 30 heavy (non-hydrogen) atoms. The quantitative estimate of drug-likeness (QED) is 0.503. The minimum absolute atomic E-state index is 0.0658. The molecule has 0 spiro atoms. The molecule has 0 saturated heterocycles. The van der Waals surface area contributed by atoms with E-state index in [2.05, 4.69) is 15.0 Å². The standard InChI is InChI=1S/C18H13ClF4N4O2S/c1-29-9-15(28)27(8-12-7-25-17(19)30-12)14-3-2-13(26-16(14)18(21,22)23)10-4-11(20)6-24-5-10/h2-7H,8-9H2,1H3. The number of rotatable bonds is 6. The molecular formula is C18H13ClF4N4O2S. The molecule has 3 heterocycles. The second-order valence-corrected chi connectivity index (χ2v) is 7.64. The summed E-state index contributed by atoms with van der Waals surface area (Å²) in [4.78, 5) is 25.0. The van der Waals surface area contributed by atoms with E-state index in [0.717, 1.165) is 34.6 Å². The van der Waals surface area contributed by atoms with Crippen LogP contribution in [0, 0.1) is 5.82 Å². The molecule has 0 fully saturated rings. The number of hydrogen-bond acceptors (Lipinski definition) is 6. The summed E-state index contributed by atoms with van der Waals surface area (Å²) in [6, 6.07) is 3.38. The number of pyridine rings is 2. The summed E-state index contributed by atoms with van der Waals surface area (Å²) in [5.74, 6) is -1.43. The number of alkyl halides is 3. The number of carbonyl (C=O) groups excluding carboxylic acids is 1. The Labute approximate surface area is 177 Å². The Balaban J connectivity index is 2.10.